The zero-order chi connectivity index (χ0) is 17.2. The largest absolute Gasteiger partial charge is 0.491 e. The molecule has 6 heteroatoms. The van der Waals surface area contributed by atoms with Crippen LogP contribution in [-0.4, -0.2) is 45.9 Å². The average molecular weight is 343 g/mol. The van der Waals surface area contributed by atoms with Crippen LogP contribution in [0.25, 0.3) is 0 Å². The van der Waals surface area contributed by atoms with Gasteiger partial charge in [-0.05, 0) is 56.8 Å². The Labute approximate surface area is 147 Å². The lowest BCUT2D eigenvalue weighted by atomic mass is 10.2. The molecule has 0 radical (unpaired) electrons. The molecule has 2 fully saturated rings. The first-order valence-corrected chi connectivity index (χ1v) is 9.14. The highest BCUT2D eigenvalue weighted by Crippen LogP contribution is 2.40. The average Bonchev–Trinajstić information content (AvgIpc) is 3.15. The van der Waals surface area contributed by atoms with Gasteiger partial charge in [0.05, 0.1) is 6.04 Å². The van der Waals surface area contributed by atoms with Gasteiger partial charge in [0, 0.05) is 12.5 Å². The van der Waals surface area contributed by atoms with Crippen molar-refractivity contribution in [3.8, 4) is 5.75 Å². The summed E-state index contributed by atoms with van der Waals surface area (Å²) < 4.78 is 11.1. The summed E-state index contributed by atoms with van der Waals surface area (Å²) in [6.07, 6.45) is 3.87. The number of ether oxygens (including phenoxy) is 1. The number of likely N-dealkylation sites (tertiary alicyclic amines) is 1. The van der Waals surface area contributed by atoms with E-state index >= 15 is 0 Å². The summed E-state index contributed by atoms with van der Waals surface area (Å²) in [6, 6.07) is 8.02. The van der Waals surface area contributed by atoms with Crippen LogP contribution in [0.5, 0.6) is 5.75 Å². The van der Waals surface area contributed by atoms with Crippen molar-refractivity contribution in [1.82, 2.24) is 15.0 Å². The Morgan fingerprint density at radius 2 is 2.24 bits per heavy atom. The van der Waals surface area contributed by atoms with E-state index in [-0.39, 0.29) is 12.6 Å². The van der Waals surface area contributed by atoms with Crippen LogP contribution in [0.2, 0.25) is 0 Å². The molecule has 2 atom stereocenters. The second kappa shape index (κ2) is 7.14. The van der Waals surface area contributed by atoms with E-state index in [9.17, 15) is 5.11 Å². The van der Waals surface area contributed by atoms with Gasteiger partial charge in [-0.1, -0.05) is 17.3 Å². The smallest absolute Gasteiger partial charge is 0.229 e. The molecular weight excluding hydrogens is 318 g/mol. The topological polar surface area (TPSA) is 71.6 Å². The van der Waals surface area contributed by atoms with Gasteiger partial charge in [-0.2, -0.15) is 4.98 Å². The van der Waals surface area contributed by atoms with Crippen LogP contribution in [0.15, 0.2) is 28.8 Å². The summed E-state index contributed by atoms with van der Waals surface area (Å²) in [6.45, 7) is 3.81. The molecule has 134 valence electrons. The third kappa shape index (κ3) is 4.02. The fourth-order valence-corrected chi connectivity index (χ4v) is 3.44. The molecule has 2 heterocycles. The zero-order valence-electron chi connectivity index (χ0n) is 14.6. The van der Waals surface area contributed by atoms with E-state index in [0.29, 0.717) is 12.5 Å². The monoisotopic (exact) mass is 343 g/mol. The lowest BCUT2D eigenvalue weighted by Crippen LogP contribution is -2.35. The first-order valence-electron chi connectivity index (χ1n) is 9.14. The summed E-state index contributed by atoms with van der Waals surface area (Å²) in [5.74, 6) is 2.82. The van der Waals surface area contributed by atoms with Gasteiger partial charge in [0.1, 0.15) is 18.5 Å². The Balaban J connectivity index is 1.32. The molecule has 1 aliphatic heterocycles. The Bertz CT molecular complexity index is 713. The minimum Gasteiger partial charge on any atom is -0.491 e. The third-order valence-corrected chi connectivity index (χ3v) is 4.92. The van der Waals surface area contributed by atoms with Gasteiger partial charge in [-0.3, -0.25) is 4.90 Å². The quantitative estimate of drug-likeness (QED) is 0.833. The zero-order valence-corrected chi connectivity index (χ0v) is 14.6. The van der Waals surface area contributed by atoms with Crippen molar-refractivity contribution in [3.63, 3.8) is 0 Å². The first kappa shape index (κ1) is 16.5. The minimum atomic E-state index is -0.545. The number of β-amino-alcohol motifs (C(OH)–C–C–N with tert-alkyl or cyclic N) is 1. The van der Waals surface area contributed by atoms with Crippen LogP contribution >= 0.6 is 0 Å². The highest BCUT2D eigenvalue weighted by Gasteiger charge is 2.34. The van der Waals surface area contributed by atoms with Crippen molar-refractivity contribution < 1.29 is 14.4 Å². The van der Waals surface area contributed by atoms with Crippen LogP contribution < -0.4 is 4.74 Å². The molecule has 1 aromatic carbocycles. The van der Waals surface area contributed by atoms with Crippen molar-refractivity contribution in [1.29, 1.82) is 0 Å². The number of aliphatic hydroxyl groups excluding tert-OH is 1. The van der Waals surface area contributed by atoms with E-state index in [1.54, 1.807) is 0 Å². The highest BCUT2D eigenvalue weighted by molar-refractivity contribution is 5.27. The van der Waals surface area contributed by atoms with E-state index in [1.165, 1.54) is 0 Å². The number of aromatic nitrogens is 2. The van der Waals surface area contributed by atoms with Crippen LogP contribution in [-0.2, 0) is 0 Å². The predicted molar refractivity (Wildman–Crippen MR) is 92.5 cm³/mol. The molecule has 2 aliphatic rings. The van der Waals surface area contributed by atoms with Gasteiger partial charge in [0.2, 0.25) is 5.89 Å². The van der Waals surface area contributed by atoms with E-state index in [2.05, 4.69) is 15.0 Å². The molecule has 1 aromatic heterocycles. The van der Waals surface area contributed by atoms with E-state index in [0.717, 1.165) is 55.3 Å². The molecule has 6 nitrogen and oxygen atoms in total. The number of hydrogen-bond acceptors (Lipinski definition) is 6. The summed E-state index contributed by atoms with van der Waals surface area (Å²) in [7, 11) is 0. The van der Waals surface area contributed by atoms with E-state index in [1.807, 2.05) is 31.2 Å². The molecule has 1 N–H and O–H groups in total. The summed E-state index contributed by atoms with van der Waals surface area (Å²) in [5.41, 5.74) is 1.15. The lowest BCUT2D eigenvalue weighted by molar-refractivity contribution is 0.0623. The van der Waals surface area contributed by atoms with Gasteiger partial charge >= 0.3 is 0 Å². The second-order valence-electron chi connectivity index (χ2n) is 7.20. The van der Waals surface area contributed by atoms with Gasteiger partial charge in [-0.15, -0.1) is 0 Å². The Morgan fingerprint density at radius 1 is 1.36 bits per heavy atom. The maximum absolute atomic E-state index is 10.4. The Morgan fingerprint density at radius 3 is 3.04 bits per heavy atom. The van der Waals surface area contributed by atoms with Gasteiger partial charge in [0.25, 0.3) is 0 Å². The number of aryl methyl sites for hydroxylation is 1. The van der Waals surface area contributed by atoms with Crippen molar-refractivity contribution in [2.75, 3.05) is 19.7 Å². The van der Waals surface area contributed by atoms with Crippen molar-refractivity contribution in [2.45, 2.75) is 50.7 Å². The molecule has 4 rings (SSSR count). The first-order chi connectivity index (χ1) is 12.2. The molecule has 0 bridgehead atoms. The second-order valence-corrected chi connectivity index (χ2v) is 7.20. The normalized spacial score (nSPS) is 22.2. The Kier molecular flexibility index (Phi) is 4.72. The fourth-order valence-electron chi connectivity index (χ4n) is 3.44. The molecule has 1 aliphatic carbocycles. The summed E-state index contributed by atoms with van der Waals surface area (Å²) in [4.78, 5) is 6.82. The summed E-state index contributed by atoms with van der Waals surface area (Å²) in [5, 5.41) is 14.6. The maximum Gasteiger partial charge on any atom is 0.229 e. The van der Waals surface area contributed by atoms with Crippen LogP contribution in [0.4, 0.5) is 0 Å². The molecule has 1 saturated heterocycles. The fraction of sp³-hybridized carbons (Fsp3) is 0.579. The van der Waals surface area contributed by atoms with Gasteiger partial charge < -0.3 is 14.4 Å². The van der Waals surface area contributed by atoms with E-state index in [4.69, 9.17) is 9.26 Å². The number of nitrogens with zero attached hydrogens (tertiary/aromatic N) is 3. The summed E-state index contributed by atoms with van der Waals surface area (Å²) >= 11 is 0. The molecule has 2 aromatic rings. The number of aliphatic hydroxyl groups is 1. The molecular formula is C19H25N3O3. The predicted octanol–water partition coefficient (Wildman–Crippen LogP) is 2.83. The number of rotatable bonds is 7. The van der Waals surface area contributed by atoms with Crippen molar-refractivity contribution in [2.24, 2.45) is 0 Å². The lowest BCUT2D eigenvalue weighted by Gasteiger charge is -2.24. The van der Waals surface area contributed by atoms with Gasteiger partial charge in [0.15, 0.2) is 5.82 Å². The standard InChI is InChI=1S/C19H25N3O3/c1-13-4-2-5-16(10-13)24-12-15(23)11-22-9-3-6-17(22)18-20-19(25-21-18)14-7-8-14/h2,4-5,10,14-15,17,23H,3,6-9,11-12H2,1H3/t15-,17+/m1/s1. The molecule has 0 amide bonds. The minimum absolute atomic E-state index is 0.143. The van der Waals surface area contributed by atoms with E-state index < -0.39 is 6.10 Å². The van der Waals surface area contributed by atoms with Crippen LogP contribution in [0, 0.1) is 6.92 Å². The number of benzene rings is 1. The van der Waals surface area contributed by atoms with Crippen LogP contribution in [0.1, 0.15) is 54.9 Å². The molecule has 0 spiro atoms. The third-order valence-electron chi connectivity index (χ3n) is 4.92. The van der Waals surface area contributed by atoms with Crippen molar-refractivity contribution in [3.05, 3.63) is 41.5 Å². The SMILES string of the molecule is Cc1cccc(OC[C@H](O)CN2CCC[C@H]2c2noc(C3CC3)n2)c1. The van der Waals surface area contributed by atoms with Crippen molar-refractivity contribution >= 4 is 0 Å². The molecule has 25 heavy (non-hydrogen) atoms. The number of hydrogen-bond donors (Lipinski definition) is 1. The maximum atomic E-state index is 10.4. The highest BCUT2D eigenvalue weighted by atomic mass is 16.5. The van der Waals surface area contributed by atoms with Crippen LogP contribution in [0.3, 0.4) is 0 Å². The molecule has 0 unspecified atom stereocenters. The Hall–Kier alpha value is -1.92. The molecule has 1 saturated carbocycles. The van der Waals surface area contributed by atoms with Gasteiger partial charge in [-0.25, -0.2) is 0 Å².